The van der Waals surface area contributed by atoms with Crippen LogP contribution in [0.1, 0.15) is 24.8 Å². The lowest BCUT2D eigenvalue weighted by atomic mass is 10.0. The maximum atomic E-state index is 6.15. The second kappa shape index (κ2) is 5.80. The van der Waals surface area contributed by atoms with Gasteiger partial charge in [-0.1, -0.05) is 34.1 Å². The molecule has 0 radical (unpaired) electrons. The summed E-state index contributed by atoms with van der Waals surface area (Å²) < 4.78 is 6.75. The molecule has 2 atom stereocenters. The predicted molar refractivity (Wildman–Crippen MR) is 69.4 cm³/mol. The van der Waals surface area contributed by atoms with E-state index < -0.39 is 0 Å². The molecule has 2 nitrogen and oxygen atoms in total. The van der Waals surface area contributed by atoms with Gasteiger partial charge in [0.15, 0.2) is 0 Å². The van der Waals surface area contributed by atoms with E-state index in [-0.39, 0.29) is 6.04 Å². The molecule has 0 amide bonds. The van der Waals surface area contributed by atoms with Gasteiger partial charge in [0.05, 0.1) is 6.10 Å². The minimum Gasteiger partial charge on any atom is -0.378 e. The first kappa shape index (κ1) is 12.1. The Balaban J connectivity index is 1.86. The van der Waals surface area contributed by atoms with Crippen molar-refractivity contribution in [2.45, 2.75) is 37.8 Å². The monoisotopic (exact) mass is 283 g/mol. The van der Waals surface area contributed by atoms with Crippen LogP contribution in [0, 0.1) is 0 Å². The van der Waals surface area contributed by atoms with Crippen molar-refractivity contribution in [1.29, 1.82) is 0 Å². The highest BCUT2D eigenvalue weighted by Crippen LogP contribution is 2.21. The Bertz CT molecular complexity index is 336. The van der Waals surface area contributed by atoms with Crippen LogP contribution in [-0.2, 0) is 11.2 Å². The molecule has 0 saturated carbocycles. The van der Waals surface area contributed by atoms with Gasteiger partial charge in [-0.2, -0.15) is 0 Å². The van der Waals surface area contributed by atoms with Crippen LogP contribution in [0.2, 0.25) is 0 Å². The maximum absolute atomic E-state index is 6.15. The van der Waals surface area contributed by atoms with Gasteiger partial charge in [0, 0.05) is 17.1 Å². The van der Waals surface area contributed by atoms with Crippen LogP contribution in [0.25, 0.3) is 0 Å². The third kappa shape index (κ3) is 3.30. The van der Waals surface area contributed by atoms with Crippen LogP contribution in [0.5, 0.6) is 0 Å². The molecule has 1 fully saturated rings. The molecule has 0 bridgehead atoms. The Labute approximate surface area is 105 Å². The zero-order valence-corrected chi connectivity index (χ0v) is 10.9. The van der Waals surface area contributed by atoms with Gasteiger partial charge in [0.1, 0.15) is 0 Å². The second-order valence-electron chi connectivity index (χ2n) is 4.43. The van der Waals surface area contributed by atoms with E-state index in [1.165, 1.54) is 18.4 Å². The van der Waals surface area contributed by atoms with Crippen molar-refractivity contribution in [3.63, 3.8) is 0 Å². The molecule has 1 heterocycles. The van der Waals surface area contributed by atoms with Gasteiger partial charge in [0.2, 0.25) is 0 Å². The Morgan fingerprint density at radius 1 is 1.44 bits per heavy atom. The first-order valence-corrected chi connectivity index (χ1v) is 6.65. The molecule has 2 rings (SSSR count). The van der Waals surface area contributed by atoms with E-state index in [0.717, 1.165) is 23.9 Å². The normalized spacial score (nSPS) is 22.2. The summed E-state index contributed by atoms with van der Waals surface area (Å²) in [7, 11) is 0. The minimum atomic E-state index is 0.196. The van der Waals surface area contributed by atoms with E-state index >= 15 is 0 Å². The van der Waals surface area contributed by atoms with Crippen molar-refractivity contribution in [3.8, 4) is 0 Å². The quantitative estimate of drug-likeness (QED) is 0.922. The number of halogens is 1. The van der Waals surface area contributed by atoms with Gasteiger partial charge in [-0.15, -0.1) is 0 Å². The smallest absolute Gasteiger partial charge is 0.0590 e. The number of ether oxygens (including phenoxy) is 1. The summed E-state index contributed by atoms with van der Waals surface area (Å²) in [4.78, 5) is 0. The summed E-state index contributed by atoms with van der Waals surface area (Å²) in [5.41, 5.74) is 7.44. The zero-order valence-electron chi connectivity index (χ0n) is 9.36. The molecule has 1 aromatic rings. The summed E-state index contributed by atoms with van der Waals surface area (Å²) in [5, 5.41) is 0. The van der Waals surface area contributed by atoms with Crippen LogP contribution >= 0.6 is 15.9 Å². The molecule has 2 unspecified atom stereocenters. The van der Waals surface area contributed by atoms with E-state index in [1.807, 2.05) is 6.07 Å². The topological polar surface area (TPSA) is 35.2 Å². The Hall–Kier alpha value is -0.380. The fraction of sp³-hybridized carbons (Fsp3) is 0.538. The van der Waals surface area contributed by atoms with Crippen molar-refractivity contribution in [3.05, 3.63) is 34.3 Å². The molecular weight excluding hydrogens is 266 g/mol. The van der Waals surface area contributed by atoms with Crippen LogP contribution in [-0.4, -0.2) is 18.8 Å². The van der Waals surface area contributed by atoms with E-state index in [0.29, 0.717) is 6.10 Å². The summed E-state index contributed by atoms with van der Waals surface area (Å²) in [6.07, 6.45) is 4.64. The lowest BCUT2D eigenvalue weighted by molar-refractivity contribution is 0.0983. The highest BCUT2D eigenvalue weighted by atomic mass is 79.9. The van der Waals surface area contributed by atoms with Crippen LogP contribution in [0.3, 0.4) is 0 Å². The fourth-order valence-electron chi connectivity index (χ4n) is 2.20. The van der Waals surface area contributed by atoms with Gasteiger partial charge >= 0.3 is 0 Å². The lowest BCUT2D eigenvalue weighted by Gasteiger charge is -2.16. The summed E-state index contributed by atoms with van der Waals surface area (Å²) in [5.74, 6) is 0. The number of nitrogens with two attached hydrogens (primary N) is 1. The molecular formula is C13H18BrNO. The van der Waals surface area contributed by atoms with Crippen molar-refractivity contribution in [2.24, 2.45) is 5.73 Å². The Morgan fingerprint density at radius 2 is 2.25 bits per heavy atom. The molecule has 0 aromatic heterocycles. The highest BCUT2D eigenvalue weighted by molar-refractivity contribution is 9.10. The third-order valence-electron chi connectivity index (χ3n) is 3.03. The van der Waals surface area contributed by atoms with Crippen LogP contribution in [0.15, 0.2) is 28.7 Å². The molecule has 3 heteroatoms. The Kier molecular flexibility index (Phi) is 4.38. The van der Waals surface area contributed by atoms with E-state index in [2.05, 4.69) is 34.1 Å². The molecule has 1 aromatic carbocycles. The van der Waals surface area contributed by atoms with Crippen LogP contribution in [0.4, 0.5) is 0 Å². The van der Waals surface area contributed by atoms with Crippen molar-refractivity contribution >= 4 is 15.9 Å². The molecule has 88 valence electrons. The van der Waals surface area contributed by atoms with E-state index in [1.54, 1.807) is 0 Å². The summed E-state index contributed by atoms with van der Waals surface area (Å²) in [6, 6.07) is 8.47. The second-order valence-corrected chi connectivity index (χ2v) is 5.28. The average Bonchev–Trinajstić information content (AvgIpc) is 2.74. The van der Waals surface area contributed by atoms with Crippen molar-refractivity contribution < 1.29 is 4.74 Å². The standard InChI is InChI=1S/C13H18BrNO/c14-13-6-2-1-4-10(13)8-11(15)9-12-5-3-7-16-12/h1-2,4,6,11-12H,3,5,7-9,15H2. The number of benzene rings is 1. The average molecular weight is 284 g/mol. The summed E-state index contributed by atoms with van der Waals surface area (Å²) in [6.45, 7) is 0.909. The molecule has 1 aliphatic heterocycles. The van der Waals surface area contributed by atoms with Gasteiger partial charge < -0.3 is 10.5 Å². The van der Waals surface area contributed by atoms with Gasteiger partial charge in [-0.05, 0) is 37.3 Å². The highest BCUT2D eigenvalue weighted by Gasteiger charge is 2.19. The third-order valence-corrected chi connectivity index (χ3v) is 3.80. The van der Waals surface area contributed by atoms with Crippen molar-refractivity contribution in [2.75, 3.05) is 6.61 Å². The van der Waals surface area contributed by atoms with Gasteiger partial charge in [0.25, 0.3) is 0 Å². The molecule has 0 spiro atoms. The molecule has 1 saturated heterocycles. The molecule has 2 N–H and O–H groups in total. The molecule has 0 aliphatic carbocycles. The number of hydrogen-bond acceptors (Lipinski definition) is 2. The maximum Gasteiger partial charge on any atom is 0.0590 e. The Morgan fingerprint density at radius 3 is 2.94 bits per heavy atom. The first-order valence-electron chi connectivity index (χ1n) is 5.86. The SMILES string of the molecule is NC(Cc1ccccc1Br)CC1CCCO1. The fourth-order valence-corrected chi connectivity index (χ4v) is 2.64. The lowest BCUT2D eigenvalue weighted by Crippen LogP contribution is -2.28. The van der Waals surface area contributed by atoms with Crippen molar-refractivity contribution in [1.82, 2.24) is 0 Å². The number of rotatable bonds is 4. The predicted octanol–water partition coefficient (Wildman–Crippen LogP) is 2.89. The van der Waals surface area contributed by atoms with Gasteiger partial charge in [-0.25, -0.2) is 0 Å². The molecule has 16 heavy (non-hydrogen) atoms. The largest absolute Gasteiger partial charge is 0.378 e. The molecule has 1 aliphatic rings. The number of hydrogen-bond donors (Lipinski definition) is 1. The van der Waals surface area contributed by atoms with E-state index in [9.17, 15) is 0 Å². The first-order chi connectivity index (χ1) is 7.75. The minimum absolute atomic E-state index is 0.196. The van der Waals surface area contributed by atoms with Gasteiger partial charge in [-0.3, -0.25) is 0 Å². The summed E-state index contributed by atoms with van der Waals surface area (Å²) >= 11 is 3.55. The zero-order chi connectivity index (χ0) is 11.4. The van der Waals surface area contributed by atoms with E-state index in [4.69, 9.17) is 10.5 Å². The van der Waals surface area contributed by atoms with Crippen LogP contribution < -0.4 is 5.73 Å².